The Bertz CT molecular complexity index is 794. The Morgan fingerprint density at radius 2 is 1.67 bits per heavy atom. The van der Waals surface area contributed by atoms with E-state index < -0.39 is 16.1 Å². The lowest BCUT2D eigenvalue weighted by molar-refractivity contribution is 0.133. The molecule has 7 heteroatoms. The van der Waals surface area contributed by atoms with Gasteiger partial charge in [0.25, 0.3) is 0 Å². The smallest absolute Gasteiger partial charge is 0.410 e. The third-order valence-corrected chi connectivity index (χ3v) is 5.26. The largest absolute Gasteiger partial charge is 0.439 e. The normalized spacial score (nSPS) is 17.8. The molecular formula is C17H18N2O4S. The molecule has 0 aliphatic carbocycles. The van der Waals surface area contributed by atoms with Crippen LogP contribution < -0.4 is 4.72 Å². The summed E-state index contributed by atoms with van der Waals surface area (Å²) >= 11 is 0. The molecule has 1 amide bonds. The molecule has 0 saturated carbocycles. The van der Waals surface area contributed by atoms with Crippen LogP contribution in [0.25, 0.3) is 0 Å². The first kappa shape index (κ1) is 16.5. The number of ether oxygens (including phenoxy) is 1. The monoisotopic (exact) mass is 346 g/mol. The van der Waals surface area contributed by atoms with Crippen LogP contribution in [0.3, 0.4) is 0 Å². The Labute approximate surface area is 141 Å². The van der Waals surface area contributed by atoms with Gasteiger partial charge in [0, 0.05) is 13.1 Å². The summed E-state index contributed by atoms with van der Waals surface area (Å²) in [6.45, 7) is 0.804. The molecule has 1 heterocycles. The molecule has 1 atom stereocenters. The Hall–Kier alpha value is -2.38. The molecule has 0 aromatic heterocycles. The standard InChI is InChI=1S/C17H18N2O4S/c20-17-19(13-16(23-17)14-7-3-1-4-8-14)12-11-18-24(21,22)15-9-5-2-6-10-15/h1-10,16,18H,11-13H2. The summed E-state index contributed by atoms with van der Waals surface area (Å²) in [5.41, 5.74) is 0.929. The molecule has 1 aliphatic rings. The number of benzene rings is 2. The van der Waals surface area contributed by atoms with Gasteiger partial charge in [0.2, 0.25) is 10.0 Å². The minimum absolute atomic E-state index is 0.133. The van der Waals surface area contributed by atoms with Gasteiger partial charge in [-0.3, -0.25) is 0 Å². The fourth-order valence-corrected chi connectivity index (χ4v) is 3.57. The van der Waals surface area contributed by atoms with Crippen LogP contribution in [-0.4, -0.2) is 39.0 Å². The summed E-state index contributed by atoms with van der Waals surface area (Å²) in [4.78, 5) is 13.6. The van der Waals surface area contributed by atoms with Gasteiger partial charge < -0.3 is 9.64 Å². The number of rotatable bonds is 6. The van der Waals surface area contributed by atoms with Crippen LogP contribution in [0.4, 0.5) is 4.79 Å². The lowest BCUT2D eigenvalue weighted by atomic mass is 10.1. The van der Waals surface area contributed by atoms with E-state index in [1.165, 1.54) is 17.0 Å². The zero-order chi connectivity index (χ0) is 17.0. The maximum atomic E-state index is 12.1. The highest BCUT2D eigenvalue weighted by Gasteiger charge is 2.32. The molecule has 2 aromatic rings. The third-order valence-electron chi connectivity index (χ3n) is 3.79. The second-order valence-corrected chi connectivity index (χ2v) is 7.21. The Morgan fingerprint density at radius 1 is 1.04 bits per heavy atom. The second-order valence-electron chi connectivity index (χ2n) is 5.44. The van der Waals surface area contributed by atoms with E-state index in [2.05, 4.69) is 4.72 Å². The van der Waals surface area contributed by atoms with Crippen molar-refractivity contribution in [2.45, 2.75) is 11.0 Å². The van der Waals surface area contributed by atoms with Gasteiger partial charge in [-0.2, -0.15) is 0 Å². The summed E-state index contributed by atoms with van der Waals surface area (Å²) < 4.78 is 32.1. The van der Waals surface area contributed by atoms with Gasteiger partial charge in [0.1, 0.15) is 6.10 Å². The zero-order valence-corrected chi connectivity index (χ0v) is 13.8. The predicted octanol–water partition coefficient (Wildman–Crippen LogP) is 2.16. The van der Waals surface area contributed by atoms with Crippen LogP contribution in [-0.2, 0) is 14.8 Å². The van der Waals surface area contributed by atoms with E-state index in [9.17, 15) is 13.2 Å². The highest BCUT2D eigenvalue weighted by Crippen LogP contribution is 2.25. The van der Waals surface area contributed by atoms with Crippen molar-refractivity contribution in [2.24, 2.45) is 0 Å². The van der Waals surface area contributed by atoms with Crippen LogP contribution in [0.2, 0.25) is 0 Å². The molecule has 24 heavy (non-hydrogen) atoms. The number of hydrogen-bond acceptors (Lipinski definition) is 4. The van der Waals surface area contributed by atoms with Crippen molar-refractivity contribution in [1.29, 1.82) is 0 Å². The van der Waals surface area contributed by atoms with Crippen molar-refractivity contribution in [1.82, 2.24) is 9.62 Å². The number of nitrogens with one attached hydrogen (secondary N) is 1. The molecule has 1 unspecified atom stereocenters. The predicted molar refractivity (Wildman–Crippen MR) is 88.9 cm³/mol. The van der Waals surface area contributed by atoms with Gasteiger partial charge in [-0.05, 0) is 17.7 Å². The number of carbonyl (C=O) groups excluding carboxylic acids is 1. The SMILES string of the molecule is O=C1OC(c2ccccc2)CN1CCNS(=O)(=O)c1ccccc1. The van der Waals surface area contributed by atoms with E-state index in [1.54, 1.807) is 18.2 Å². The highest BCUT2D eigenvalue weighted by molar-refractivity contribution is 7.89. The third kappa shape index (κ3) is 3.74. The van der Waals surface area contributed by atoms with Crippen LogP contribution in [0.15, 0.2) is 65.6 Å². The molecular weight excluding hydrogens is 328 g/mol. The molecule has 0 bridgehead atoms. The lowest BCUT2D eigenvalue weighted by Crippen LogP contribution is -2.35. The van der Waals surface area contributed by atoms with Crippen molar-refractivity contribution >= 4 is 16.1 Å². The fraction of sp³-hybridized carbons (Fsp3) is 0.235. The number of nitrogens with zero attached hydrogens (tertiary/aromatic N) is 1. The first-order valence-corrected chi connectivity index (χ1v) is 9.10. The van der Waals surface area contributed by atoms with Gasteiger partial charge in [-0.15, -0.1) is 0 Å². The van der Waals surface area contributed by atoms with Gasteiger partial charge in [0.05, 0.1) is 11.4 Å². The molecule has 6 nitrogen and oxygen atoms in total. The topological polar surface area (TPSA) is 75.7 Å². The van der Waals surface area contributed by atoms with Crippen LogP contribution in [0.1, 0.15) is 11.7 Å². The Balaban J connectivity index is 1.55. The minimum Gasteiger partial charge on any atom is -0.439 e. The fourth-order valence-electron chi connectivity index (χ4n) is 2.53. The summed E-state index contributed by atoms with van der Waals surface area (Å²) in [6.07, 6.45) is -0.743. The van der Waals surface area contributed by atoms with Crippen molar-refractivity contribution < 1.29 is 17.9 Å². The molecule has 0 spiro atoms. The van der Waals surface area contributed by atoms with Gasteiger partial charge in [-0.1, -0.05) is 48.5 Å². The molecule has 0 radical (unpaired) electrons. The maximum absolute atomic E-state index is 12.1. The van der Waals surface area contributed by atoms with E-state index in [4.69, 9.17) is 4.74 Å². The van der Waals surface area contributed by atoms with Crippen molar-refractivity contribution in [3.63, 3.8) is 0 Å². The summed E-state index contributed by atoms with van der Waals surface area (Å²) in [5, 5.41) is 0. The van der Waals surface area contributed by atoms with Crippen LogP contribution in [0, 0.1) is 0 Å². The van der Waals surface area contributed by atoms with Crippen molar-refractivity contribution in [2.75, 3.05) is 19.6 Å². The van der Waals surface area contributed by atoms with Crippen molar-refractivity contribution in [3.05, 3.63) is 66.2 Å². The van der Waals surface area contributed by atoms with E-state index in [0.717, 1.165) is 5.56 Å². The molecule has 2 aromatic carbocycles. The van der Waals surface area contributed by atoms with E-state index in [-0.39, 0.29) is 24.1 Å². The number of hydrogen-bond donors (Lipinski definition) is 1. The first-order valence-electron chi connectivity index (χ1n) is 7.61. The first-order chi connectivity index (χ1) is 11.6. The quantitative estimate of drug-likeness (QED) is 0.870. The average molecular weight is 346 g/mol. The molecule has 1 saturated heterocycles. The Morgan fingerprint density at radius 3 is 2.33 bits per heavy atom. The number of cyclic esters (lactones) is 1. The molecule has 1 aliphatic heterocycles. The number of sulfonamides is 1. The molecule has 1 fully saturated rings. The van der Waals surface area contributed by atoms with E-state index >= 15 is 0 Å². The zero-order valence-electron chi connectivity index (χ0n) is 13.0. The number of amides is 1. The van der Waals surface area contributed by atoms with Gasteiger partial charge in [-0.25, -0.2) is 17.9 Å². The van der Waals surface area contributed by atoms with Crippen LogP contribution >= 0.6 is 0 Å². The van der Waals surface area contributed by atoms with Crippen LogP contribution in [0.5, 0.6) is 0 Å². The second kappa shape index (κ2) is 7.02. The average Bonchev–Trinajstić information content (AvgIpc) is 2.97. The van der Waals surface area contributed by atoms with E-state index in [1.807, 2.05) is 30.3 Å². The van der Waals surface area contributed by atoms with Gasteiger partial charge in [0.15, 0.2) is 0 Å². The van der Waals surface area contributed by atoms with Crippen molar-refractivity contribution in [3.8, 4) is 0 Å². The molecule has 1 N–H and O–H groups in total. The number of carbonyl (C=O) groups is 1. The summed E-state index contributed by atoms with van der Waals surface area (Å²) in [5.74, 6) is 0. The highest BCUT2D eigenvalue weighted by atomic mass is 32.2. The molecule has 3 rings (SSSR count). The van der Waals surface area contributed by atoms with E-state index in [0.29, 0.717) is 6.54 Å². The van der Waals surface area contributed by atoms with Gasteiger partial charge >= 0.3 is 6.09 Å². The lowest BCUT2D eigenvalue weighted by Gasteiger charge is -2.13. The minimum atomic E-state index is -3.56. The molecule has 126 valence electrons. The summed E-state index contributed by atoms with van der Waals surface area (Å²) in [7, 11) is -3.56. The Kier molecular flexibility index (Phi) is 4.82. The summed E-state index contributed by atoms with van der Waals surface area (Å²) in [6, 6.07) is 17.6. The maximum Gasteiger partial charge on any atom is 0.410 e.